The number of aromatic nitrogens is 2. The van der Waals surface area contributed by atoms with Crippen LogP contribution in [-0.4, -0.2) is 16.5 Å². The van der Waals surface area contributed by atoms with Gasteiger partial charge in [-0.05, 0) is 18.8 Å². The molecule has 0 saturated heterocycles. The van der Waals surface area contributed by atoms with Gasteiger partial charge in [0.2, 0.25) is 5.95 Å². The molecular weight excluding hydrogens is 224 g/mol. The second-order valence-electron chi connectivity index (χ2n) is 4.32. The van der Waals surface area contributed by atoms with Crippen LogP contribution in [0.25, 0.3) is 0 Å². The molecule has 0 unspecified atom stereocenters. The molecule has 1 aromatic rings. The first-order chi connectivity index (χ1) is 7.74. The standard InChI is InChI=1S/C11H17ClN4/c12-9-6-10(16-11(13)15-9)14-7-8-4-2-1-3-5-8/h6,8H,1-5,7H2,(H3,13,14,15,16). The number of anilines is 2. The number of hydrogen-bond acceptors (Lipinski definition) is 4. The molecule has 2 rings (SSSR count). The number of nitrogens with zero attached hydrogens (tertiary/aromatic N) is 2. The third kappa shape index (κ3) is 3.23. The van der Waals surface area contributed by atoms with Crippen LogP contribution in [0.4, 0.5) is 11.8 Å². The fourth-order valence-corrected chi connectivity index (χ4v) is 2.36. The summed E-state index contributed by atoms with van der Waals surface area (Å²) in [5, 5.41) is 3.67. The van der Waals surface area contributed by atoms with E-state index in [4.69, 9.17) is 17.3 Å². The quantitative estimate of drug-likeness (QED) is 0.798. The van der Waals surface area contributed by atoms with E-state index < -0.39 is 0 Å². The van der Waals surface area contributed by atoms with Crippen LogP contribution in [0.15, 0.2) is 6.07 Å². The Morgan fingerprint density at radius 1 is 1.31 bits per heavy atom. The Hall–Kier alpha value is -1.03. The molecule has 0 amide bonds. The van der Waals surface area contributed by atoms with E-state index in [0.29, 0.717) is 5.15 Å². The number of nitrogens with one attached hydrogen (secondary N) is 1. The molecule has 0 bridgehead atoms. The lowest BCUT2D eigenvalue weighted by molar-refractivity contribution is 0.373. The maximum absolute atomic E-state index is 5.80. The van der Waals surface area contributed by atoms with Gasteiger partial charge in [-0.3, -0.25) is 0 Å². The fraction of sp³-hybridized carbons (Fsp3) is 0.636. The average molecular weight is 241 g/mol. The molecule has 1 saturated carbocycles. The van der Waals surface area contributed by atoms with Crippen LogP contribution in [-0.2, 0) is 0 Å². The summed E-state index contributed by atoms with van der Waals surface area (Å²) in [4.78, 5) is 7.91. The highest BCUT2D eigenvalue weighted by Crippen LogP contribution is 2.24. The van der Waals surface area contributed by atoms with Gasteiger partial charge in [0.25, 0.3) is 0 Å². The Labute approximate surface area is 101 Å². The molecule has 5 heteroatoms. The van der Waals surface area contributed by atoms with Crippen molar-refractivity contribution in [2.75, 3.05) is 17.6 Å². The summed E-state index contributed by atoms with van der Waals surface area (Å²) in [6.07, 6.45) is 6.68. The Kier molecular flexibility index (Phi) is 3.83. The molecule has 88 valence electrons. The molecule has 0 radical (unpaired) electrons. The van der Waals surface area contributed by atoms with Crippen LogP contribution >= 0.6 is 11.6 Å². The summed E-state index contributed by atoms with van der Waals surface area (Å²) in [6.45, 7) is 0.951. The molecule has 16 heavy (non-hydrogen) atoms. The SMILES string of the molecule is Nc1nc(Cl)cc(NCC2CCCCC2)n1. The van der Waals surface area contributed by atoms with Gasteiger partial charge in [-0.15, -0.1) is 0 Å². The zero-order valence-corrected chi connectivity index (χ0v) is 10.0. The number of rotatable bonds is 3. The van der Waals surface area contributed by atoms with Crippen molar-refractivity contribution < 1.29 is 0 Å². The molecule has 1 aromatic heterocycles. The van der Waals surface area contributed by atoms with Crippen LogP contribution in [0.5, 0.6) is 0 Å². The van der Waals surface area contributed by atoms with Gasteiger partial charge in [0.1, 0.15) is 11.0 Å². The molecule has 1 aliphatic carbocycles. The minimum absolute atomic E-state index is 0.221. The summed E-state index contributed by atoms with van der Waals surface area (Å²) < 4.78 is 0. The zero-order chi connectivity index (χ0) is 11.4. The highest BCUT2D eigenvalue weighted by Gasteiger charge is 2.13. The topological polar surface area (TPSA) is 63.8 Å². The minimum Gasteiger partial charge on any atom is -0.370 e. The van der Waals surface area contributed by atoms with Crippen LogP contribution in [0, 0.1) is 5.92 Å². The van der Waals surface area contributed by atoms with Gasteiger partial charge in [0.15, 0.2) is 0 Å². The smallest absolute Gasteiger partial charge is 0.223 e. The van der Waals surface area contributed by atoms with Crippen LogP contribution in [0.1, 0.15) is 32.1 Å². The van der Waals surface area contributed by atoms with Crippen molar-refractivity contribution in [1.29, 1.82) is 0 Å². The van der Waals surface area contributed by atoms with Gasteiger partial charge in [0, 0.05) is 12.6 Å². The van der Waals surface area contributed by atoms with Crippen LogP contribution in [0.2, 0.25) is 5.15 Å². The monoisotopic (exact) mass is 240 g/mol. The second-order valence-corrected chi connectivity index (χ2v) is 4.71. The van der Waals surface area contributed by atoms with Crippen LogP contribution < -0.4 is 11.1 Å². The van der Waals surface area contributed by atoms with Crippen molar-refractivity contribution in [2.45, 2.75) is 32.1 Å². The maximum atomic E-state index is 5.80. The summed E-state index contributed by atoms with van der Waals surface area (Å²) in [7, 11) is 0. The molecule has 1 heterocycles. The van der Waals surface area contributed by atoms with Gasteiger partial charge in [0.05, 0.1) is 0 Å². The Morgan fingerprint density at radius 3 is 2.75 bits per heavy atom. The van der Waals surface area contributed by atoms with Crippen molar-refractivity contribution in [3.63, 3.8) is 0 Å². The van der Waals surface area contributed by atoms with Crippen molar-refractivity contribution in [1.82, 2.24) is 9.97 Å². The average Bonchev–Trinajstić information content (AvgIpc) is 2.27. The van der Waals surface area contributed by atoms with Gasteiger partial charge < -0.3 is 11.1 Å². The van der Waals surface area contributed by atoms with E-state index >= 15 is 0 Å². The molecule has 0 spiro atoms. The van der Waals surface area contributed by atoms with Crippen molar-refractivity contribution >= 4 is 23.4 Å². The van der Waals surface area contributed by atoms with Gasteiger partial charge in [-0.25, -0.2) is 4.98 Å². The molecule has 0 aliphatic heterocycles. The van der Waals surface area contributed by atoms with E-state index in [1.807, 2.05) is 0 Å². The van der Waals surface area contributed by atoms with Crippen molar-refractivity contribution in [3.8, 4) is 0 Å². The highest BCUT2D eigenvalue weighted by molar-refractivity contribution is 6.29. The normalized spacial score (nSPS) is 17.3. The molecule has 1 aliphatic rings. The maximum Gasteiger partial charge on any atom is 0.223 e. The minimum atomic E-state index is 0.221. The summed E-state index contributed by atoms with van der Waals surface area (Å²) in [6, 6.07) is 1.71. The van der Waals surface area contributed by atoms with Gasteiger partial charge in [-0.1, -0.05) is 30.9 Å². The van der Waals surface area contributed by atoms with E-state index in [1.54, 1.807) is 6.07 Å². The Balaban J connectivity index is 1.88. The van der Waals surface area contributed by atoms with Crippen molar-refractivity contribution in [3.05, 3.63) is 11.2 Å². The first kappa shape index (κ1) is 11.5. The first-order valence-corrected chi connectivity index (χ1v) is 6.16. The number of halogens is 1. The van der Waals surface area contributed by atoms with E-state index in [-0.39, 0.29) is 5.95 Å². The third-order valence-corrected chi connectivity index (χ3v) is 3.20. The van der Waals surface area contributed by atoms with Gasteiger partial charge >= 0.3 is 0 Å². The number of nitrogen functional groups attached to an aromatic ring is 1. The fourth-order valence-electron chi connectivity index (χ4n) is 2.17. The highest BCUT2D eigenvalue weighted by atomic mass is 35.5. The Bertz CT molecular complexity index is 330. The zero-order valence-electron chi connectivity index (χ0n) is 9.25. The lowest BCUT2D eigenvalue weighted by Gasteiger charge is -2.21. The van der Waals surface area contributed by atoms with E-state index in [1.165, 1.54) is 32.1 Å². The molecular formula is C11H17ClN4. The predicted molar refractivity (Wildman–Crippen MR) is 66.5 cm³/mol. The molecule has 3 N–H and O–H groups in total. The first-order valence-electron chi connectivity index (χ1n) is 5.78. The predicted octanol–water partition coefficient (Wildman–Crippen LogP) is 2.70. The van der Waals surface area contributed by atoms with Gasteiger partial charge in [-0.2, -0.15) is 4.98 Å². The summed E-state index contributed by atoms with van der Waals surface area (Å²) >= 11 is 5.80. The molecule has 4 nitrogen and oxygen atoms in total. The number of hydrogen-bond donors (Lipinski definition) is 2. The summed E-state index contributed by atoms with van der Waals surface area (Å²) in [5.41, 5.74) is 5.52. The third-order valence-electron chi connectivity index (χ3n) is 3.01. The Morgan fingerprint density at radius 2 is 2.06 bits per heavy atom. The van der Waals surface area contributed by atoms with E-state index in [2.05, 4.69) is 15.3 Å². The number of nitrogens with two attached hydrogens (primary N) is 1. The van der Waals surface area contributed by atoms with E-state index in [9.17, 15) is 0 Å². The second kappa shape index (κ2) is 5.34. The van der Waals surface area contributed by atoms with Crippen molar-refractivity contribution in [2.24, 2.45) is 5.92 Å². The molecule has 0 aromatic carbocycles. The molecule has 0 atom stereocenters. The van der Waals surface area contributed by atoms with Crippen LogP contribution in [0.3, 0.4) is 0 Å². The summed E-state index contributed by atoms with van der Waals surface area (Å²) in [5.74, 6) is 1.70. The lowest BCUT2D eigenvalue weighted by Crippen LogP contribution is -2.18. The van der Waals surface area contributed by atoms with E-state index in [0.717, 1.165) is 18.3 Å². The molecule has 1 fully saturated rings. The largest absolute Gasteiger partial charge is 0.370 e. The lowest BCUT2D eigenvalue weighted by atomic mass is 9.89.